The van der Waals surface area contributed by atoms with Gasteiger partial charge in [0.2, 0.25) is 11.8 Å². The van der Waals surface area contributed by atoms with E-state index in [-0.39, 0.29) is 47.8 Å². The lowest BCUT2D eigenvalue weighted by Crippen LogP contribution is -2.51. The van der Waals surface area contributed by atoms with E-state index in [1.165, 1.54) is 12.7 Å². The highest BCUT2D eigenvalue weighted by molar-refractivity contribution is 5.89. The van der Waals surface area contributed by atoms with Crippen LogP contribution in [0.15, 0.2) is 67.0 Å². The number of ether oxygens (including phenoxy) is 1. The molecule has 5 N–H and O–H groups in total. The van der Waals surface area contributed by atoms with Crippen LogP contribution in [0.5, 0.6) is 0 Å². The molecule has 4 aromatic rings. The lowest BCUT2D eigenvalue weighted by atomic mass is 9.66. The standard InChI is InChI=1S/C48H63N9O6/c1-5-48(39-28-50-43(52-39)38-14-10-25-57(38)45(60)41(34-11-7-6-8-12-34)53-46(61)55-26-21-35(58)29-55)22-19-32(20-23-48)31-15-17-33(18-16-31)36-27-49-42(51-36)37-13-9-24-56(37)44(59)40(30(2)3)54-47(62)63-4/h6-8,11-12,15-18,27-28,30,32,35,37-38,40-41,58H,5,9-10,13-14,19-26,29H2,1-4H3,(H,49,51)(H,50,52)(H,53,61)(H,54,62)/t32?,35-,37+,38+,40+,41-,48?/m1/s1. The molecule has 336 valence electrons. The van der Waals surface area contributed by atoms with Gasteiger partial charge in [0.25, 0.3) is 0 Å². The van der Waals surface area contributed by atoms with Crippen molar-refractivity contribution in [1.82, 2.24) is 45.3 Å². The first-order chi connectivity index (χ1) is 30.5. The molecule has 1 aliphatic carbocycles. The first-order valence-corrected chi connectivity index (χ1v) is 22.9. The Morgan fingerprint density at radius 3 is 2.10 bits per heavy atom. The summed E-state index contributed by atoms with van der Waals surface area (Å²) in [7, 11) is 1.30. The number of β-amino-alcohol motifs (C(OH)–C–C–N with tert-alkyl or cyclic N) is 1. The van der Waals surface area contributed by atoms with E-state index in [1.54, 1.807) is 4.90 Å². The van der Waals surface area contributed by atoms with E-state index >= 15 is 0 Å². The van der Waals surface area contributed by atoms with Gasteiger partial charge in [-0.1, -0.05) is 75.4 Å². The summed E-state index contributed by atoms with van der Waals surface area (Å²) in [6.45, 7) is 7.98. The SMILES string of the molecule is CCC1(c2cnc([C@@H]3CCCN3C(=O)[C@H](NC(=O)N3CC[C@@H](O)C3)c3ccccc3)[nH]2)CCC(c2ccc(-c3cnc([C@@H]4CCCN4C(=O)[C@@H](NC(=O)OC)C(C)C)[nH]3)cc2)CC1. The quantitative estimate of drug-likeness (QED) is 0.100. The summed E-state index contributed by atoms with van der Waals surface area (Å²) in [5.41, 5.74) is 5.07. The maximum absolute atomic E-state index is 14.4. The van der Waals surface area contributed by atoms with Gasteiger partial charge in [-0.05, 0) is 92.7 Å². The molecule has 0 bridgehead atoms. The minimum Gasteiger partial charge on any atom is -0.453 e. The summed E-state index contributed by atoms with van der Waals surface area (Å²) in [6.07, 6.45) is 11.6. The maximum Gasteiger partial charge on any atom is 0.407 e. The monoisotopic (exact) mass is 861 g/mol. The molecule has 63 heavy (non-hydrogen) atoms. The summed E-state index contributed by atoms with van der Waals surface area (Å²) in [4.78, 5) is 75.5. The number of aliphatic hydroxyl groups is 1. The molecule has 15 nitrogen and oxygen atoms in total. The highest BCUT2D eigenvalue weighted by Crippen LogP contribution is 2.47. The van der Waals surface area contributed by atoms with E-state index in [2.05, 4.69) is 51.8 Å². The molecule has 1 saturated carbocycles. The fourth-order valence-electron chi connectivity index (χ4n) is 10.4. The average Bonchev–Trinajstić information content (AvgIpc) is 4.17. The number of rotatable bonds is 12. The van der Waals surface area contributed by atoms with Gasteiger partial charge in [-0.2, -0.15) is 0 Å². The van der Waals surface area contributed by atoms with Crippen LogP contribution in [0.25, 0.3) is 11.3 Å². The summed E-state index contributed by atoms with van der Waals surface area (Å²) in [6, 6.07) is 15.9. The predicted octanol–water partition coefficient (Wildman–Crippen LogP) is 7.03. The number of likely N-dealkylation sites (tertiary alicyclic amines) is 3. The average molecular weight is 862 g/mol. The van der Waals surface area contributed by atoms with Gasteiger partial charge < -0.3 is 45.1 Å². The summed E-state index contributed by atoms with van der Waals surface area (Å²) in [5.74, 6) is 1.59. The van der Waals surface area contributed by atoms with Crippen LogP contribution in [-0.4, -0.2) is 109 Å². The molecule has 0 unspecified atom stereocenters. The van der Waals surface area contributed by atoms with Crippen LogP contribution in [-0.2, 0) is 19.7 Å². The Balaban J connectivity index is 0.902. The van der Waals surface area contributed by atoms with Gasteiger partial charge in [0.1, 0.15) is 23.7 Å². The maximum atomic E-state index is 14.4. The van der Waals surface area contributed by atoms with Crippen LogP contribution in [0, 0.1) is 5.92 Å². The molecule has 15 heteroatoms. The first-order valence-electron chi connectivity index (χ1n) is 22.9. The Bertz CT molecular complexity index is 2220. The van der Waals surface area contributed by atoms with Gasteiger partial charge in [0, 0.05) is 43.5 Å². The third kappa shape index (κ3) is 9.20. The molecule has 5 heterocycles. The minimum absolute atomic E-state index is 0.0393. The Kier molecular flexibility index (Phi) is 13.2. The number of benzene rings is 2. The Hall–Kier alpha value is -5.70. The highest BCUT2D eigenvalue weighted by Gasteiger charge is 2.42. The second-order valence-electron chi connectivity index (χ2n) is 18.3. The van der Waals surface area contributed by atoms with Crippen LogP contribution >= 0.6 is 0 Å². The van der Waals surface area contributed by atoms with E-state index in [1.807, 2.05) is 66.4 Å². The third-order valence-electron chi connectivity index (χ3n) is 14.3. The van der Waals surface area contributed by atoms with Crippen LogP contribution < -0.4 is 10.6 Å². The molecule has 2 aromatic carbocycles. The predicted molar refractivity (Wildman–Crippen MR) is 237 cm³/mol. The van der Waals surface area contributed by atoms with Crippen LogP contribution in [0.1, 0.15) is 137 Å². The molecular formula is C48H63N9O6. The number of carbonyl (C=O) groups excluding carboxylic acids is 4. The van der Waals surface area contributed by atoms with E-state index in [0.29, 0.717) is 32.0 Å². The zero-order valence-electron chi connectivity index (χ0n) is 37.0. The fourth-order valence-corrected chi connectivity index (χ4v) is 10.4. The molecule has 4 aliphatic rings. The number of urea groups is 1. The lowest BCUT2D eigenvalue weighted by molar-refractivity contribution is -0.135. The molecule has 2 aromatic heterocycles. The first kappa shape index (κ1) is 43.9. The number of carbonyl (C=O) groups is 4. The van der Waals surface area contributed by atoms with E-state index < -0.39 is 24.3 Å². The van der Waals surface area contributed by atoms with Crippen molar-refractivity contribution in [2.45, 2.75) is 127 Å². The van der Waals surface area contributed by atoms with Crippen molar-refractivity contribution in [3.63, 3.8) is 0 Å². The molecule has 8 rings (SSSR count). The van der Waals surface area contributed by atoms with Crippen LogP contribution in [0.4, 0.5) is 9.59 Å². The van der Waals surface area contributed by atoms with Gasteiger partial charge in [-0.15, -0.1) is 0 Å². The molecule has 0 radical (unpaired) electrons. The Labute approximate surface area is 369 Å². The number of H-pyrrole nitrogens is 2. The summed E-state index contributed by atoms with van der Waals surface area (Å²) < 4.78 is 4.78. The van der Waals surface area contributed by atoms with Gasteiger partial charge in [-0.3, -0.25) is 9.59 Å². The lowest BCUT2D eigenvalue weighted by Gasteiger charge is -2.39. The minimum atomic E-state index is -0.850. The van der Waals surface area contributed by atoms with Crippen molar-refractivity contribution in [3.8, 4) is 11.3 Å². The Morgan fingerprint density at radius 1 is 0.825 bits per heavy atom. The molecule has 4 fully saturated rings. The zero-order chi connectivity index (χ0) is 44.3. The number of methoxy groups -OCH3 is 1. The van der Waals surface area contributed by atoms with E-state index in [9.17, 15) is 24.3 Å². The number of nitrogens with zero attached hydrogens (tertiary/aromatic N) is 5. The van der Waals surface area contributed by atoms with Gasteiger partial charge in [-0.25, -0.2) is 19.6 Å². The number of aromatic amines is 2. The number of aromatic nitrogens is 4. The van der Waals surface area contributed by atoms with Gasteiger partial charge in [0.15, 0.2) is 0 Å². The van der Waals surface area contributed by atoms with Crippen molar-refractivity contribution in [3.05, 3.63) is 95.5 Å². The zero-order valence-corrected chi connectivity index (χ0v) is 37.0. The molecule has 5 amide bonds. The number of nitrogens with one attached hydrogen (secondary N) is 4. The molecule has 3 saturated heterocycles. The highest BCUT2D eigenvalue weighted by atomic mass is 16.5. The second kappa shape index (κ2) is 19.0. The van der Waals surface area contributed by atoms with Crippen molar-refractivity contribution < 1.29 is 29.0 Å². The number of hydrogen-bond donors (Lipinski definition) is 5. The van der Waals surface area contributed by atoms with Crippen LogP contribution in [0.2, 0.25) is 0 Å². The van der Waals surface area contributed by atoms with E-state index in [4.69, 9.17) is 14.7 Å². The number of aliphatic hydroxyl groups excluding tert-OH is 1. The smallest absolute Gasteiger partial charge is 0.407 e. The molecule has 0 spiro atoms. The van der Waals surface area contributed by atoms with Crippen LogP contribution in [0.3, 0.4) is 0 Å². The number of hydrogen-bond acceptors (Lipinski definition) is 8. The number of alkyl carbamates (subject to hydrolysis) is 1. The number of amides is 5. The van der Waals surface area contributed by atoms with Gasteiger partial charge >= 0.3 is 12.1 Å². The van der Waals surface area contributed by atoms with Crippen molar-refractivity contribution in [2.24, 2.45) is 5.92 Å². The third-order valence-corrected chi connectivity index (χ3v) is 14.3. The molecule has 5 atom stereocenters. The Morgan fingerprint density at radius 2 is 1.48 bits per heavy atom. The molecular weight excluding hydrogens is 799 g/mol. The largest absolute Gasteiger partial charge is 0.453 e. The summed E-state index contributed by atoms with van der Waals surface area (Å²) in [5, 5.41) is 15.8. The molecule has 3 aliphatic heterocycles. The fraction of sp³-hybridized carbons (Fsp3) is 0.542. The number of imidazole rings is 2. The topological polar surface area (TPSA) is 189 Å². The van der Waals surface area contributed by atoms with E-state index in [0.717, 1.165) is 92.0 Å². The van der Waals surface area contributed by atoms with Crippen molar-refractivity contribution >= 4 is 23.9 Å². The van der Waals surface area contributed by atoms with Crippen molar-refractivity contribution in [1.29, 1.82) is 0 Å². The van der Waals surface area contributed by atoms with Crippen molar-refractivity contribution in [2.75, 3.05) is 33.3 Å². The van der Waals surface area contributed by atoms with Gasteiger partial charge in [0.05, 0.1) is 37.2 Å². The normalized spacial score (nSPS) is 24.7. The summed E-state index contributed by atoms with van der Waals surface area (Å²) >= 11 is 0. The second-order valence-corrected chi connectivity index (χ2v) is 18.3.